The number of hydrogen-bond donors (Lipinski definition) is 0. The standard InChI is InChI=1S/C12H12Cl2N4OS/c1-17(2)12(19)18-11(20-3)15-10(16-18)7-4-8(13)6-9(14)5-7/h4-6H,1-3H3. The van der Waals surface area contributed by atoms with E-state index < -0.39 is 0 Å². The summed E-state index contributed by atoms with van der Waals surface area (Å²) in [5, 5.41) is 5.73. The summed E-state index contributed by atoms with van der Waals surface area (Å²) in [5.74, 6) is 0.411. The lowest BCUT2D eigenvalue weighted by Crippen LogP contribution is -2.28. The van der Waals surface area contributed by atoms with Crippen LogP contribution < -0.4 is 0 Å². The highest BCUT2D eigenvalue weighted by molar-refractivity contribution is 7.98. The molecule has 0 radical (unpaired) electrons. The Kier molecular flexibility index (Phi) is 4.57. The number of halogens is 2. The highest BCUT2D eigenvalue weighted by Crippen LogP contribution is 2.26. The van der Waals surface area contributed by atoms with Crippen LogP contribution in [0.5, 0.6) is 0 Å². The lowest BCUT2D eigenvalue weighted by Gasteiger charge is -2.09. The van der Waals surface area contributed by atoms with E-state index in [1.165, 1.54) is 21.3 Å². The molecule has 1 amide bonds. The van der Waals surface area contributed by atoms with Gasteiger partial charge in [0, 0.05) is 29.7 Å². The lowest BCUT2D eigenvalue weighted by atomic mass is 10.2. The van der Waals surface area contributed by atoms with Gasteiger partial charge in [-0.15, -0.1) is 5.10 Å². The number of benzene rings is 1. The van der Waals surface area contributed by atoms with Crippen LogP contribution in [0.15, 0.2) is 23.4 Å². The van der Waals surface area contributed by atoms with Gasteiger partial charge in [-0.2, -0.15) is 4.68 Å². The Labute approximate surface area is 130 Å². The van der Waals surface area contributed by atoms with E-state index in [1.54, 1.807) is 32.3 Å². The van der Waals surface area contributed by atoms with Gasteiger partial charge >= 0.3 is 6.03 Å². The second-order valence-electron chi connectivity index (χ2n) is 4.17. The first-order valence-electron chi connectivity index (χ1n) is 5.61. The molecule has 0 fully saturated rings. The molecule has 0 N–H and O–H groups in total. The molecule has 5 nitrogen and oxygen atoms in total. The molecule has 1 heterocycles. The molecule has 106 valence electrons. The van der Waals surface area contributed by atoms with Gasteiger partial charge < -0.3 is 4.90 Å². The molecule has 0 aliphatic carbocycles. The Morgan fingerprint density at radius 2 is 1.85 bits per heavy atom. The van der Waals surface area contributed by atoms with E-state index in [9.17, 15) is 4.79 Å². The van der Waals surface area contributed by atoms with Crippen molar-refractivity contribution in [2.75, 3.05) is 20.4 Å². The molecular weight excluding hydrogens is 319 g/mol. The number of aromatic nitrogens is 3. The highest BCUT2D eigenvalue weighted by atomic mass is 35.5. The van der Waals surface area contributed by atoms with Crippen molar-refractivity contribution in [2.45, 2.75) is 5.16 Å². The molecular formula is C12H12Cl2N4OS. The summed E-state index contributed by atoms with van der Waals surface area (Å²) in [7, 11) is 3.31. The monoisotopic (exact) mass is 330 g/mol. The third-order valence-corrected chi connectivity index (χ3v) is 3.51. The third-order valence-electron chi connectivity index (χ3n) is 2.44. The molecule has 0 aliphatic heterocycles. The number of nitrogens with zero attached hydrogens (tertiary/aromatic N) is 4. The van der Waals surface area contributed by atoms with E-state index in [2.05, 4.69) is 10.1 Å². The average molecular weight is 331 g/mol. The topological polar surface area (TPSA) is 51.0 Å². The van der Waals surface area contributed by atoms with Crippen LogP contribution in [0.1, 0.15) is 0 Å². The predicted molar refractivity (Wildman–Crippen MR) is 81.7 cm³/mol. The zero-order valence-corrected chi connectivity index (χ0v) is 13.4. The molecule has 1 aromatic carbocycles. The number of thioether (sulfide) groups is 1. The summed E-state index contributed by atoms with van der Waals surface area (Å²) in [6, 6.07) is 4.78. The first-order chi connectivity index (χ1) is 9.42. The Bertz CT molecular complexity index is 637. The van der Waals surface area contributed by atoms with E-state index >= 15 is 0 Å². The molecule has 8 heteroatoms. The minimum absolute atomic E-state index is 0.263. The Morgan fingerprint density at radius 1 is 1.25 bits per heavy atom. The molecule has 0 saturated carbocycles. The van der Waals surface area contributed by atoms with Crippen LogP contribution in [0.3, 0.4) is 0 Å². The number of carbonyl (C=O) groups is 1. The summed E-state index contributed by atoms with van der Waals surface area (Å²) < 4.78 is 1.26. The van der Waals surface area contributed by atoms with Crippen molar-refractivity contribution in [2.24, 2.45) is 0 Å². The lowest BCUT2D eigenvalue weighted by molar-refractivity contribution is 0.213. The Morgan fingerprint density at radius 3 is 2.35 bits per heavy atom. The molecule has 0 bridgehead atoms. The Hall–Kier alpha value is -1.24. The number of hydrogen-bond acceptors (Lipinski definition) is 4. The summed E-state index contributed by atoms with van der Waals surface area (Å²) >= 11 is 13.3. The average Bonchev–Trinajstić information content (AvgIpc) is 2.80. The molecule has 1 aromatic heterocycles. The smallest absolute Gasteiger partial charge is 0.329 e. The highest BCUT2D eigenvalue weighted by Gasteiger charge is 2.18. The SMILES string of the molecule is CSc1nc(-c2cc(Cl)cc(Cl)c2)nn1C(=O)N(C)C. The second kappa shape index (κ2) is 6.03. The zero-order valence-electron chi connectivity index (χ0n) is 11.1. The van der Waals surface area contributed by atoms with Gasteiger partial charge in [-0.1, -0.05) is 35.0 Å². The summed E-state index contributed by atoms with van der Waals surface area (Å²) in [6.45, 7) is 0. The number of amides is 1. The molecule has 0 saturated heterocycles. The molecule has 0 spiro atoms. The fourth-order valence-corrected chi connectivity index (χ4v) is 2.54. The van der Waals surface area contributed by atoms with Crippen LogP contribution in [0.2, 0.25) is 10.0 Å². The van der Waals surface area contributed by atoms with Gasteiger partial charge in [0.15, 0.2) is 11.0 Å². The summed E-state index contributed by atoms with van der Waals surface area (Å²) in [6.07, 6.45) is 1.83. The van der Waals surface area contributed by atoms with Gasteiger partial charge in [0.05, 0.1) is 0 Å². The molecule has 0 unspecified atom stereocenters. The van der Waals surface area contributed by atoms with E-state index in [-0.39, 0.29) is 6.03 Å². The first-order valence-corrected chi connectivity index (χ1v) is 7.59. The van der Waals surface area contributed by atoms with Crippen LogP contribution >= 0.6 is 35.0 Å². The van der Waals surface area contributed by atoms with E-state index in [0.29, 0.717) is 26.6 Å². The van der Waals surface area contributed by atoms with E-state index in [4.69, 9.17) is 23.2 Å². The first kappa shape index (κ1) is 15.2. The predicted octanol–water partition coefficient (Wildman–Crippen LogP) is 3.50. The van der Waals surface area contributed by atoms with Gasteiger partial charge in [-0.05, 0) is 24.5 Å². The van der Waals surface area contributed by atoms with Gasteiger partial charge in [0.25, 0.3) is 0 Å². The van der Waals surface area contributed by atoms with Crippen molar-refractivity contribution in [3.8, 4) is 11.4 Å². The van der Waals surface area contributed by atoms with E-state index in [0.717, 1.165) is 0 Å². The zero-order chi connectivity index (χ0) is 14.9. The van der Waals surface area contributed by atoms with Crippen LogP contribution in [0.25, 0.3) is 11.4 Å². The minimum Gasteiger partial charge on any atom is -0.329 e. The number of rotatable bonds is 2. The maximum atomic E-state index is 12.0. The second-order valence-corrected chi connectivity index (χ2v) is 5.82. The van der Waals surface area contributed by atoms with Crippen LogP contribution in [0, 0.1) is 0 Å². The Balaban J connectivity index is 2.51. The molecule has 2 rings (SSSR count). The normalized spacial score (nSPS) is 10.7. The van der Waals surface area contributed by atoms with Crippen molar-refractivity contribution in [1.29, 1.82) is 0 Å². The number of carbonyl (C=O) groups excluding carboxylic acids is 1. The minimum atomic E-state index is -0.263. The molecule has 0 atom stereocenters. The summed E-state index contributed by atoms with van der Waals surface area (Å²) in [4.78, 5) is 17.8. The van der Waals surface area contributed by atoms with Gasteiger partial charge in [-0.25, -0.2) is 9.78 Å². The fraction of sp³-hybridized carbons (Fsp3) is 0.250. The van der Waals surface area contributed by atoms with Crippen LogP contribution in [-0.4, -0.2) is 46.0 Å². The van der Waals surface area contributed by atoms with Crippen molar-refractivity contribution >= 4 is 41.0 Å². The van der Waals surface area contributed by atoms with Crippen LogP contribution in [-0.2, 0) is 0 Å². The van der Waals surface area contributed by atoms with Crippen molar-refractivity contribution in [3.05, 3.63) is 28.2 Å². The van der Waals surface area contributed by atoms with Crippen molar-refractivity contribution in [3.63, 3.8) is 0 Å². The van der Waals surface area contributed by atoms with E-state index in [1.807, 2.05) is 6.26 Å². The largest absolute Gasteiger partial charge is 0.346 e. The van der Waals surface area contributed by atoms with Gasteiger partial charge in [0.2, 0.25) is 0 Å². The van der Waals surface area contributed by atoms with Crippen molar-refractivity contribution < 1.29 is 4.79 Å². The maximum absolute atomic E-state index is 12.0. The quantitative estimate of drug-likeness (QED) is 0.791. The van der Waals surface area contributed by atoms with Crippen molar-refractivity contribution in [1.82, 2.24) is 19.7 Å². The van der Waals surface area contributed by atoms with Gasteiger partial charge in [0.1, 0.15) is 0 Å². The summed E-state index contributed by atoms with van der Waals surface area (Å²) in [5.41, 5.74) is 0.670. The maximum Gasteiger partial charge on any atom is 0.346 e. The molecule has 0 aliphatic rings. The van der Waals surface area contributed by atoms with Crippen LogP contribution in [0.4, 0.5) is 4.79 Å². The van der Waals surface area contributed by atoms with Gasteiger partial charge in [-0.3, -0.25) is 0 Å². The molecule has 2 aromatic rings. The third kappa shape index (κ3) is 3.08. The molecule has 20 heavy (non-hydrogen) atoms. The fourth-order valence-electron chi connectivity index (χ4n) is 1.55.